The molecule has 120 valence electrons. The van der Waals surface area contributed by atoms with Crippen LogP contribution in [0.3, 0.4) is 0 Å². The van der Waals surface area contributed by atoms with Crippen molar-refractivity contribution < 1.29 is 0 Å². The number of likely N-dealkylation sites (N-methyl/N-ethyl adjacent to an activating group) is 1. The Morgan fingerprint density at radius 2 is 1.85 bits per heavy atom. The van der Waals surface area contributed by atoms with E-state index < -0.39 is 0 Å². The summed E-state index contributed by atoms with van der Waals surface area (Å²) in [5.41, 5.74) is 0.420. The Morgan fingerprint density at radius 3 is 2.45 bits per heavy atom. The molecule has 1 aliphatic heterocycles. The van der Waals surface area contributed by atoms with E-state index in [-0.39, 0.29) is 0 Å². The average molecular weight is 284 g/mol. The monoisotopic (exact) mass is 283 g/mol. The molecule has 1 aliphatic rings. The van der Waals surface area contributed by atoms with E-state index in [1.165, 1.54) is 64.8 Å². The first kappa shape index (κ1) is 17.9. The summed E-state index contributed by atoms with van der Waals surface area (Å²) in [4.78, 5) is 5.16. The lowest BCUT2D eigenvalue weighted by molar-refractivity contribution is 0.160. The molecular weight excluding hydrogens is 246 g/mol. The van der Waals surface area contributed by atoms with Crippen LogP contribution in [-0.2, 0) is 0 Å². The van der Waals surface area contributed by atoms with E-state index in [2.05, 4.69) is 42.9 Å². The third-order valence-electron chi connectivity index (χ3n) is 4.48. The maximum atomic E-state index is 3.63. The van der Waals surface area contributed by atoms with E-state index >= 15 is 0 Å². The van der Waals surface area contributed by atoms with Gasteiger partial charge in [-0.2, -0.15) is 0 Å². The van der Waals surface area contributed by atoms with Gasteiger partial charge in [0.15, 0.2) is 0 Å². The summed E-state index contributed by atoms with van der Waals surface area (Å²) >= 11 is 0. The highest BCUT2D eigenvalue weighted by Gasteiger charge is 2.25. The van der Waals surface area contributed by atoms with Crippen molar-refractivity contribution in [2.75, 3.05) is 52.9 Å². The zero-order chi connectivity index (χ0) is 14.8. The first-order chi connectivity index (χ1) is 9.59. The van der Waals surface area contributed by atoms with Crippen molar-refractivity contribution in [3.8, 4) is 0 Å². The molecule has 0 aromatic heterocycles. The van der Waals surface area contributed by atoms with Crippen molar-refractivity contribution in [1.29, 1.82) is 0 Å². The fraction of sp³-hybridized carbons (Fsp3) is 1.00. The largest absolute Gasteiger partial charge is 0.316 e. The highest BCUT2D eigenvalue weighted by molar-refractivity contribution is 4.80. The standard InChI is InChI=1S/C17H37N3/c1-5-9-17(3,15-18-10-6-2)16-19(4)13-14-20-11-7-8-12-20/h18H,5-16H2,1-4H3. The van der Waals surface area contributed by atoms with E-state index in [0.29, 0.717) is 5.41 Å². The molecule has 0 amide bonds. The summed E-state index contributed by atoms with van der Waals surface area (Å²) < 4.78 is 0. The van der Waals surface area contributed by atoms with Gasteiger partial charge >= 0.3 is 0 Å². The number of likely N-dealkylation sites (tertiary alicyclic amines) is 1. The highest BCUT2D eigenvalue weighted by atomic mass is 15.2. The number of hydrogen-bond donors (Lipinski definition) is 1. The maximum absolute atomic E-state index is 3.63. The fourth-order valence-electron chi connectivity index (χ4n) is 3.44. The second-order valence-electron chi connectivity index (χ2n) is 7.02. The minimum absolute atomic E-state index is 0.420. The van der Waals surface area contributed by atoms with E-state index in [1.54, 1.807) is 0 Å². The van der Waals surface area contributed by atoms with Crippen molar-refractivity contribution in [2.24, 2.45) is 5.41 Å². The number of rotatable bonds is 11. The van der Waals surface area contributed by atoms with Crippen LogP contribution in [0.5, 0.6) is 0 Å². The molecule has 1 rings (SSSR count). The lowest BCUT2D eigenvalue weighted by Gasteiger charge is -2.35. The van der Waals surface area contributed by atoms with Crippen molar-refractivity contribution in [3.05, 3.63) is 0 Å². The molecule has 3 heteroatoms. The first-order valence-corrected chi connectivity index (χ1v) is 8.71. The molecule has 1 saturated heterocycles. The van der Waals surface area contributed by atoms with Crippen molar-refractivity contribution >= 4 is 0 Å². The Labute approximate surface area is 127 Å². The van der Waals surface area contributed by atoms with Gasteiger partial charge in [-0.15, -0.1) is 0 Å². The molecule has 1 heterocycles. The summed E-state index contributed by atoms with van der Waals surface area (Å²) in [6.07, 6.45) is 6.63. The molecule has 0 aliphatic carbocycles. The minimum atomic E-state index is 0.420. The van der Waals surface area contributed by atoms with Crippen LogP contribution in [0.15, 0.2) is 0 Å². The number of hydrogen-bond acceptors (Lipinski definition) is 3. The van der Waals surface area contributed by atoms with Crippen LogP contribution >= 0.6 is 0 Å². The summed E-state index contributed by atoms with van der Waals surface area (Å²) in [6, 6.07) is 0. The van der Waals surface area contributed by atoms with E-state index in [4.69, 9.17) is 0 Å². The Morgan fingerprint density at radius 1 is 1.15 bits per heavy atom. The molecule has 0 aromatic rings. The highest BCUT2D eigenvalue weighted by Crippen LogP contribution is 2.23. The predicted molar refractivity (Wildman–Crippen MR) is 89.3 cm³/mol. The molecule has 0 saturated carbocycles. The van der Waals surface area contributed by atoms with E-state index in [0.717, 1.165) is 13.1 Å². The zero-order valence-corrected chi connectivity index (χ0v) is 14.4. The summed E-state index contributed by atoms with van der Waals surface area (Å²) in [5.74, 6) is 0. The third-order valence-corrected chi connectivity index (χ3v) is 4.48. The molecule has 1 atom stereocenters. The fourth-order valence-corrected chi connectivity index (χ4v) is 3.44. The average Bonchev–Trinajstić information content (AvgIpc) is 2.90. The topological polar surface area (TPSA) is 18.5 Å². The second kappa shape index (κ2) is 9.75. The lowest BCUT2D eigenvalue weighted by atomic mass is 9.85. The van der Waals surface area contributed by atoms with Gasteiger partial charge in [0, 0.05) is 26.2 Å². The van der Waals surface area contributed by atoms with Gasteiger partial charge in [-0.3, -0.25) is 0 Å². The maximum Gasteiger partial charge on any atom is 0.0109 e. The van der Waals surface area contributed by atoms with Gasteiger partial charge < -0.3 is 15.1 Å². The molecular formula is C17H37N3. The molecule has 3 nitrogen and oxygen atoms in total. The third kappa shape index (κ3) is 7.05. The summed E-state index contributed by atoms with van der Waals surface area (Å²) in [5, 5.41) is 3.63. The molecule has 1 N–H and O–H groups in total. The first-order valence-electron chi connectivity index (χ1n) is 8.71. The Kier molecular flexibility index (Phi) is 8.74. The molecule has 0 bridgehead atoms. The van der Waals surface area contributed by atoms with Gasteiger partial charge in [0.05, 0.1) is 0 Å². The molecule has 1 fully saturated rings. The SMILES string of the molecule is CCCNCC(C)(CCC)CN(C)CCN1CCCC1. The normalized spacial score (nSPS) is 19.6. The van der Waals surface area contributed by atoms with Crippen LogP contribution in [-0.4, -0.2) is 62.7 Å². The number of nitrogens with zero attached hydrogens (tertiary/aromatic N) is 2. The molecule has 20 heavy (non-hydrogen) atoms. The lowest BCUT2D eigenvalue weighted by Crippen LogP contribution is -2.43. The molecule has 1 unspecified atom stereocenters. The molecule has 0 radical (unpaired) electrons. The van der Waals surface area contributed by atoms with Gasteiger partial charge in [-0.25, -0.2) is 0 Å². The number of nitrogens with one attached hydrogen (secondary N) is 1. The summed E-state index contributed by atoms with van der Waals surface area (Å²) in [6.45, 7) is 15.6. The second-order valence-corrected chi connectivity index (χ2v) is 7.02. The molecule has 0 spiro atoms. The Balaban J connectivity index is 2.30. The van der Waals surface area contributed by atoms with Crippen molar-refractivity contribution in [3.63, 3.8) is 0 Å². The predicted octanol–water partition coefficient (Wildman–Crippen LogP) is 2.82. The van der Waals surface area contributed by atoms with Crippen LogP contribution in [0.4, 0.5) is 0 Å². The van der Waals surface area contributed by atoms with E-state index in [9.17, 15) is 0 Å². The van der Waals surface area contributed by atoms with Crippen molar-refractivity contribution in [2.45, 2.75) is 52.9 Å². The van der Waals surface area contributed by atoms with Gasteiger partial charge in [-0.05, 0) is 57.8 Å². The smallest absolute Gasteiger partial charge is 0.0109 e. The van der Waals surface area contributed by atoms with Crippen LogP contribution in [0.2, 0.25) is 0 Å². The Hall–Kier alpha value is -0.120. The zero-order valence-electron chi connectivity index (χ0n) is 14.4. The van der Waals surface area contributed by atoms with E-state index in [1.807, 2.05) is 0 Å². The van der Waals surface area contributed by atoms with Gasteiger partial charge in [0.1, 0.15) is 0 Å². The molecule has 0 aromatic carbocycles. The van der Waals surface area contributed by atoms with Gasteiger partial charge in [0.2, 0.25) is 0 Å². The van der Waals surface area contributed by atoms with Crippen LogP contribution in [0.1, 0.15) is 52.9 Å². The quantitative estimate of drug-likeness (QED) is 0.588. The summed E-state index contributed by atoms with van der Waals surface area (Å²) in [7, 11) is 2.30. The van der Waals surface area contributed by atoms with Crippen LogP contribution in [0.25, 0.3) is 0 Å². The Bertz CT molecular complexity index is 238. The van der Waals surface area contributed by atoms with Gasteiger partial charge in [0.25, 0.3) is 0 Å². The van der Waals surface area contributed by atoms with Crippen LogP contribution < -0.4 is 5.32 Å². The van der Waals surface area contributed by atoms with Gasteiger partial charge in [-0.1, -0.05) is 27.2 Å². The minimum Gasteiger partial charge on any atom is -0.316 e. The van der Waals surface area contributed by atoms with Crippen molar-refractivity contribution in [1.82, 2.24) is 15.1 Å². The van der Waals surface area contributed by atoms with Crippen LogP contribution in [0, 0.1) is 5.41 Å².